The summed E-state index contributed by atoms with van der Waals surface area (Å²) in [7, 11) is 0. The molecule has 16 heavy (non-hydrogen) atoms. The second-order valence-corrected chi connectivity index (χ2v) is 6.19. The van der Waals surface area contributed by atoms with Gasteiger partial charge >= 0.3 is 0 Å². The molecule has 0 spiro atoms. The number of amides is 1. The Kier molecular flexibility index (Phi) is 4.10. The molecule has 2 aliphatic heterocycles. The standard InChI is InChI=1S/C11H20N2O2S/c1-11(3-2-6-16-11)10(14)13-8-9-7-12-4-5-15-9/h9,12H,2-8H2,1H3,(H,13,14). The summed E-state index contributed by atoms with van der Waals surface area (Å²) in [6.07, 6.45) is 2.27. The quantitative estimate of drug-likeness (QED) is 0.753. The molecule has 0 radical (unpaired) electrons. The fraction of sp³-hybridized carbons (Fsp3) is 0.909. The van der Waals surface area contributed by atoms with Crippen LogP contribution in [0.4, 0.5) is 0 Å². The van der Waals surface area contributed by atoms with Crippen LogP contribution in [0.3, 0.4) is 0 Å². The van der Waals surface area contributed by atoms with Crippen LogP contribution >= 0.6 is 11.8 Å². The van der Waals surface area contributed by atoms with Crippen LogP contribution in [0.5, 0.6) is 0 Å². The fourth-order valence-electron chi connectivity index (χ4n) is 2.10. The van der Waals surface area contributed by atoms with Crippen molar-refractivity contribution < 1.29 is 9.53 Å². The molecule has 4 nitrogen and oxygen atoms in total. The molecule has 2 N–H and O–H groups in total. The Balaban J connectivity index is 1.74. The van der Waals surface area contributed by atoms with Crippen LogP contribution in [-0.4, -0.2) is 48.8 Å². The third kappa shape index (κ3) is 2.90. The van der Waals surface area contributed by atoms with Crippen LogP contribution in [-0.2, 0) is 9.53 Å². The van der Waals surface area contributed by atoms with Gasteiger partial charge in [-0.05, 0) is 25.5 Å². The van der Waals surface area contributed by atoms with E-state index in [1.165, 1.54) is 0 Å². The lowest BCUT2D eigenvalue weighted by Gasteiger charge is -2.26. The summed E-state index contributed by atoms with van der Waals surface area (Å²) in [5, 5.41) is 6.27. The average molecular weight is 244 g/mol. The van der Waals surface area contributed by atoms with Crippen LogP contribution < -0.4 is 10.6 Å². The Morgan fingerprint density at radius 3 is 3.19 bits per heavy atom. The van der Waals surface area contributed by atoms with Crippen molar-refractivity contribution in [2.45, 2.75) is 30.6 Å². The smallest absolute Gasteiger partial charge is 0.236 e. The molecule has 0 aromatic heterocycles. The first-order valence-electron chi connectivity index (χ1n) is 5.95. The Hall–Kier alpha value is -0.260. The highest BCUT2D eigenvalue weighted by atomic mass is 32.2. The van der Waals surface area contributed by atoms with Crippen molar-refractivity contribution in [2.24, 2.45) is 0 Å². The highest BCUT2D eigenvalue weighted by Gasteiger charge is 2.37. The molecule has 2 aliphatic rings. The number of ether oxygens (including phenoxy) is 1. The summed E-state index contributed by atoms with van der Waals surface area (Å²) in [6, 6.07) is 0. The van der Waals surface area contributed by atoms with E-state index in [4.69, 9.17) is 4.74 Å². The van der Waals surface area contributed by atoms with E-state index in [0.29, 0.717) is 6.54 Å². The fourth-order valence-corrected chi connectivity index (χ4v) is 3.33. The number of hydrogen-bond acceptors (Lipinski definition) is 4. The third-order valence-corrected chi connectivity index (χ3v) is 4.71. The third-order valence-electron chi connectivity index (χ3n) is 3.19. The SMILES string of the molecule is CC1(C(=O)NCC2CNCCO2)CCCS1. The Morgan fingerprint density at radius 1 is 1.69 bits per heavy atom. The van der Waals surface area contributed by atoms with Crippen LogP contribution in [0.25, 0.3) is 0 Å². The molecular weight excluding hydrogens is 224 g/mol. The molecule has 2 unspecified atom stereocenters. The largest absolute Gasteiger partial charge is 0.374 e. The maximum atomic E-state index is 12.0. The molecule has 0 aromatic carbocycles. The van der Waals surface area contributed by atoms with E-state index >= 15 is 0 Å². The highest BCUT2D eigenvalue weighted by molar-refractivity contribution is 8.01. The van der Waals surface area contributed by atoms with E-state index in [2.05, 4.69) is 10.6 Å². The van der Waals surface area contributed by atoms with Crippen molar-refractivity contribution >= 4 is 17.7 Å². The summed E-state index contributed by atoms with van der Waals surface area (Å²) in [4.78, 5) is 12.0. The molecule has 5 heteroatoms. The number of thioether (sulfide) groups is 1. The van der Waals surface area contributed by atoms with Gasteiger partial charge in [-0.15, -0.1) is 11.8 Å². The molecule has 0 aliphatic carbocycles. The van der Waals surface area contributed by atoms with Gasteiger partial charge in [-0.25, -0.2) is 0 Å². The molecule has 2 rings (SSSR count). The van der Waals surface area contributed by atoms with E-state index in [0.717, 1.165) is 38.3 Å². The van der Waals surface area contributed by atoms with Crippen molar-refractivity contribution in [3.8, 4) is 0 Å². The van der Waals surface area contributed by atoms with Crippen LogP contribution in [0.1, 0.15) is 19.8 Å². The summed E-state index contributed by atoms with van der Waals surface area (Å²) in [6.45, 7) is 5.16. The molecule has 0 bridgehead atoms. The molecular formula is C11H20N2O2S. The van der Waals surface area contributed by atoms with Gasteiger partial charge in [0.15, 0.2) is 0 Å². The Morgan fingerprint density at radius 2 is 2.56 bits per heavy atom. The van der Waals surface area contributed by atoms with Crippen molar-refractivity contribution in [2.75, 3.05) is 32.0 Å². The van der Waals surface area contributed by atoms with Gasteiger partial charge in [-0.2, -0.15) is 0 Å². The summed E-state index contributed by atoms with van der Waals surface area (Å²) < 4.78 is 5.33. The molecule has 0 aromatic rings. The van der Waals surface area contributed by atoms with Crippen LogP contribution in [0.15, 0.2) is 0 Å². The minimum Gasteiger partial charge on any atom is -0.374 e. The normalized spacial score (nSPS) is 34.9. The zero-order valence-electron chi connectivity index (χ0n) is 9.75. The number of rotatable bonds is 3. The molecule has 2 saturated heterocycles. The predicted octanol–water partition coefficient (Wildman–Crippen LogP) is 0.377. The number of nitrogens with one attached hydrogen (secondary N) is 2. The number of hydrogen-bond donors (Lipinski definition) is 2. The predicted molar refractivity (Wildman–Crippen MR) is 65.7 cm³/mol. The molecule has 2 fully saturated rings. The number of carbonyl (C=O) groups excluding carboxylic acids is 1. The Labute approximate surface area is 101 Å². The van der Waals surface area contributed by atoms with Gasteiger partial charge in [0.2, 0.25) is 5.91 Å². The van der Waals surface area contributed by atoms with E-state index in [1.54, 1.807) is 11.8 Å². The van der Waals surface area contributed by atoms with Crippen molar-refractivity contribution in [1.82, 2.24) is 10.6 Å². The van der Waals surface area contributed by atoms with Gasteiger partial charge in [-0.3, -0.25) is 4.79 Å². The average Bonchev–Trinajstić information content (AvgIpc) is 2.76. The van der Waals surface area contributed by atoms with E-state index in [9.17, 15) is 4.79 Å². The molecule has 92 valence electrons. The lowest BCUT2D eigenvalue weighted by Crippen LogP contribution is -2.48. The Bertz CT molecular complexity index is 248. The van der Waals surface area contributed by atoms with Crippen LogP contribution in [0.2, 0.25) is 0 Å². The second kappa shape index (κ2) is 5.38. The zero-order chi connectivity index (χ0) is 11.4. The first-order chi connectivity index (χ1) is 7.71. The molecule has 1 amide bonds. The molecule has 2 heterocycles. The number of carbonyl (C=O) groups is 1. The number of morpholine rings is 1. The van der Waals surface area contributed by atoms with Crippen molar-refractivity contribution in [3.63, 3.8) is 0 Å². The first-order valence-corrected chi connectivity index (χ1v) is 6.94. The minimum absolute atomic E-state index is 0.132. The first kappa shape index (κ1) is 12.2. The monoisotopic (exact) mass is 244 g/mol. The van der Waals surface area contributed by atoms with Gasteiger partial charge in [0.25, 0.3) is 0 Å². The van der Waals surface area contributed by atoms with Crippen LogP contribution in [0, 0.1) is 0 Å². The second-order valence-electron chi connectivity index (χ2n) is 4.59. The summed E-state index contributed by atoms with van der Waals surface area (Å²) in [5.41, 5.74) is 0. The van der Waals surface area contributed by atoms with E-state index in [-0.39, 0.29) is 16.8 Å². The highest BCUT2D eigenvalue weighted by Crippen LogP contribution is 2.37. The minimum atomic E-state index is -0.206. The summed E-state index contributed by atoms with van der Waals surface area (Å²) in [5.74, 6) is 1.27. The van der Waals surface area contributed by atoms with Gasteiger partial charge in [0.05, 0.1) is 17.5 Å². The topological polar surface area (TPSA) is 50.4 Å². The summed E-state index contributed by atoms with van der Waals surface area (Å²) >= 11 is 1.77. The molecule has 0 saturated carbocycles. The van der Waals surface area contributed by atoms with Gasteiger partial charge in [-0.1, -0.05) is 0 Å². The van der Waals surface area contributed by atoms with Crippen molar-refractivity contribution in [3.05, 3.63) is 0 Å². The van der Waals surface area contributed by atoms with E-state index < -0.39 is 0 Å². The van der Waals surface area contributed by atoms with Gasteiger partial charge < -0.3 is 15.4 Å². The van der Waals surface area contributed by atoms with Gasteiger partial charge in [0, 0.05) is 19.6 Å². The van der Waals surface area contributed by atoms with Gasteiger partial charge in [0.1, 0.15) is 0 Å². The maximum absolute atomic E-state index is 12.0. The molecule has 2 atom stereocenters. The lowest BCUT2D eigenvalue weighted by molar-refractivity contribution is -0.123. The maximum Gasteiger partial charge on any atom is 0.236 e. The zero-order valence-corrected chi connectivity index (χ0v) is 10.6. The van der Waals surface area contributed by atoms with Crippen molar-refractivity contribution in [1.29, 1.82) is 0 Å². The van der Waals surface area contributed by atoms with E-state index in [1.807, 2.05) is 6.92 Å². The lowest BCUT2D eigenvalue weighted by atomic mass is 10.0.